The number of nitrogens with one attached hydrogen (secondary N) is 2. The standard InChI is InChI=1S/C15H26N4O/c1-11(2)13-9-14(18-17-13)15(20)16-12(3)10-19-7-5-4-6-8-19/h9,11-12H,4-8,10H2,1-3H3,(H,16,20)(H,17,18). The van der Waals surface area contributed by atoms with Crippen LogP contribution in [0.2, 0.25) is 0 Å². The van der Waals surface area contributed by atoms with Gasteiger partial charge >= 0.3 is 0 Å². The summed E-state index contributed by atoms with van der Waals surface area (Å²) in [5, 5.41) is 10.0. The lowest BCUT2D eigenvalue weighted by molar-refractivity contribution is 0.0920. The number of H-pyrrole nitrogens is 1. The van der Waals surface area contributed by atoms with Crippen LogP contribution >= 0.6 is 0 Å². The summed E-state index contributed by atoms with van der Waals surface area (Å²) in [4.78, 5) is 14.5. The van der Waals surface area contributed by atoms with Crippen molar-refractivity contribution in [2.24, 2.45) is 0 Å². The maximum atomic E-state index is 12.1. The molecule has 0 aliphatic carbocycles. The van der Waals surface area contributed by atoms with Crippen molar-refractivity contribution in [1.82, 2.24) is 20.4 Å². The first-order valence-electron chi connectivity index (χ1n) is 7.65. The Labute approximate surface area is 121 Å². The summed E-state index contributed by atoms with van der Waals surface area (Å²) < 4.78 is 0. The van der Waals surface area contributed by atoms with Gasteiger partial charge in [0.05, 0.1) is 0 Å². The molecule has 1 amide bonds. The molecule has 5 heteroatoms. The molecule has 1 unspecified atom stereocenters. The van der Waals surface area contributed by atoms with E-state index in [0.29, 0.717) is 11.6 Å². The maximum Gasteiger partial charge on any atom is 0.272 e. The number of likely N-dealkylation sites (tertiary alicyclic amines) is 1. The quantitative estimate of drug-likeness (QED) is 0.867. The average Bonchev–Trinajstić information content (AvgIpc) is 2.89. The third-order valence-corrected chi connectivity index (χ3v) is 3.81. The Morgan fingerprint density at radius 1 is 1.35 bits per heavy atom. The van der Waals surface area contributed by atoms with Crippen LogP contribution in [0.1, 0.15) is 62.1 Å². The number of carbonyl (C=O) groups is 1. The molecule has 0 radical (unpaired) electrons. The highest BCUT2D eigenvalue weighted by atomic mass is 16.2. The molecule has 112 valence electrons. The number of hydrogen-bond donors (Lipinski definition) is 2. The zero-order valence-corrected chi connectivity index (χ0v) is 12.8. The molecule has 2 rings (SSSR count). The van der Waals surface area contributed by atoms with Crippen molar-refractivity contribution in [2.45, 2.75) is 52.0 Å². The minimum absolute atomic E-state index is 0.0855. The first-order chi connectivity index (χ1) is 9.56. The molecule has 0 saturated carbocycles. The second-order valence-corrected chi connectivity index (χ2v) is 6.10. The molecule has 0 aromatic carbocycles. The van der Waals surface area contributed by atoms with Crippen molar-refractivity contribution in [3.63, 3.8) is 0 Å². The zero-order chi connectivity index (χ0) is 14.5. The van der Waals surface area contributed by atoms with Crippen LogP contribution in [0.15, 0.2) is 6.07 Å². The lowest BCUT2D eigenvalue weighted by Gasteiger charge is -2.29. The van der Waals surface area contributed by atoms with Gasteiger partial charge in [-0.2, -0.15) is 5.10 Å². The number of aromatic nitrogens is 2. The van der Waals surface area contributed by atoms with Crippen molar-refractivity contribution >= 4 is 5.91 Å². The van der Waals surface area contributed by atoms with Gasteiger partial charge < -0.3 is 10.2 Å². The smallest absolute Gasteiger partial charge is 0.272 e. The van der Waals surface area contributed by atoms with E-state index >= 15 is 0 Å². The Morgan fingerprint density at radius 3 is 2.65 bits per heavy atom. The molecule has 1 atom stereocenters. The van der Waals surface area contributed by atoms with E-state index < -0.39 is 0 Å². The van der Waals surface area contributed by atoms with Gasteiger partial charge in [0.15, 0.2) is 0 Å². The molecule has 1 aromatic rings. The molecular weight excluding hydrogens is 252 g/mol. The van der Waals surface area contributed by atoms with E-state index in [9.17, 15) is 4.79 Å². The molecule has 1 saturated heterocycles. The van der Waals surface area contributed by atoms with E-state index in [2.05, 4.69) is 41.2 Å². The number of carbonyl (C=O) groups excluding carboxylic acids is 1. The summed E-state index contributed by atoms with van der Waals surface area (Å²) in [6, 6.07) is 1.99. The van der Waals surface area contributed by atoms with Crippen LogP contribution in [0.5, 0.6) is 0 Å². The minimum atomic E-state index is -0.0855. The molecule has 1 aliphatic heterocycles. The fourth-order valence-corrected chi connectivity index (χ4v) is 2.62. The Hall–Kier alpha value is -1.36. The summed E-state index contributed by atoms with van der Waals surface area (Å²) in [5.41, 5.74) is 1.48. The molecule has 5 nitrogen and oxygen atoms in total. The van der Waals surface area contributed by atoms with E-state index in [0.717, 1.165) is 25.3 Å². The van der Waals surface area contributed by atoms with Gasteiger partial charge in [-0.3, -0.25) is 9.89 Å². The van der Waals surface area contributed by atoms with E-state index in [1.165, 1.54) is 19.3 Å². The van der Waals surface area contributed by atoms with Crippen LogP contribution in [0.4, 0.5) is 0 Å². The highest BCUT2D eigenvalue weighted by molar-refractivity contribution is 5.92. The molecule has 1 aromatic heterocycles. The number of rotatable bonds is 5. The normalized spacial score (nSPS) is 18.2. The molecule has 2 heterocycles. The number of piperidine rings is 1. The van der Waals surface area contributed by atoms with Crippen LogP contribution in [-0.2, 0) is 0 Å². The summed E-state index contributed by atoms with van der Waals surface area (Å²) >= 11 is 0. The van der Waals surface area contributed by atoms with Gasteiger partial charge in [-0.1, -0.05) is 20.3 Å². The van der Waals surface area contributed by atoms with Gasteiger partial charge in [-0.15, -0.1) is 0 Å². The average molecular weight is 278 g/mol. The van der Waals surface area contributed by atoms with E-state index in [-0.39, 0.29) is 11.9 Å². The van der Waals surface area contributed by atoms with Crippen molar-refractivity contribution in [2.75, 3.05) is 19.6 Å². The minimum Gasteiger partial charge on any atom is -0.347 e. The summed E-state index contributed by atoms with van der Waals surface area (Å²) in [6.07, 6.45) is 3.89. The van der Waals surface area contributed by atoms with Gasteiger partial charge in [0.1, 0.15) is 5.69 Å². The van der Waals surface area contributed by atoms with Crippen LogP contribution in [0.25, 0.3) is 0 Å². The Morgan fingerprint density at radius 2 is 2.05 bits per heavy atom. The molecule has 1 aliphatic rings. The fourth-order valence-electron chi connectivity index (χ4n) is 2.62. The highest BCUT2D eigenvalue weighted by Gasteiger charge is 2.17. The molecular formula is C15H26N4O. The Balaban J connectivity index is 1.83. The van der Waals surface area contributed by atoms with Crippen molar-refractivity contribution in [3.8, 4) is 0 Å². The van der Waals surface area contributed by atoms with E-state index in [4.69, 9.17) is 0 Å². The van der Waals surface area contributed by atoms with Gasteiger partial charge in [0, 0.05) is 18.3 Å². The van der Waals surface area contributed by atoms with Crippen LogP contribution < -0.4 is 5.32 Å². The summed E-state index contributed by atoms with van der Waals surface area (Å²) in [5.74, 6) is 0.271. The predicted octanol–water partition coefficient (Wildman–Crippen LogP) is 2.14. The Kier molecular flexibility index (Phi) is 5.17. The maximum absolute atomic E-state index is 12.1. The van der Waals surface area contributed by atoms with Gasteiger partial charge in [-0.05, 0) is 44.8 Å². The molecule has 20 heavy (non-hydrogen) atoms. The number of aromatic amines is 1. The molecule has 0 bridgehead atoms. The fraction of sp³-hybridized carbons (Fsp3) is 0.733. The number of amides is 1. The van der Waals surface area contributed by atoms with Gasteiger partial charge in [-0.25, -0.2) is 0 Å². The largest absolute Gasteiger partial charge is 0.347 e. The van der Waals surface area contributed by atoms with Gasteiger partial charge in [0.25, 0.3) is 5.91 Å². The van der Waals surface area contributed by atoms with E-state index in [1.807, 2.05) is 6.07 Å². The van der Waals surface area contributed by atoms with Crippen LogP contribution in [-0.4, -0.2) is 46.7 Å². The number of hydrogen-bond acceptors (Lipinski definition) is 3. The lowest BCUT2D eigenvalue weighted by atomic mass is 10.1. The first-order valence-corrected chi connectivity index (χ1v) is 7.65. The summed E-state index contributed by atoms with van der Waals surface area (Å²) in [6.45, 7) is 9.44. The monoisotopic (exact) mass is 278 g/mol. The lowest BCUT2D eigenvalue weighted by Crippen LogP contribution is -2.43. The van der Waals surface area contributed by atoms with Gasteiger partial charge in [0.2, 0.25) is 0 Å². The third kappa shape index (κ3) is 4.07. The van der Waals surface area contributed by atoms with Crippen LogP contribution in [0, 0.1) is 0 Å². The summed E-state index contributed by atoms with van der Waals surface area (Å²) in [7, 11) is 0. The van der Waals surface area contributed by atoms with E-state index in [1.54, 1.807) is 0 Å². The topological polar surface area (TPSA) is 61.0 Å². The zero-order valence-electron chi connectivity index (χ0n) is 12.8. The second-order valence-electron chi connectivity index (χ2n) is 6.10. The highest BCUT2D eigenvalue weighted by Crippen LogP contribution is 2.12. The predicted molar refractivity (Wildman–Crippen MR) is 79.9 cm³/mol. The van der Waals surface area contributed by atoms with Crippen molar-refractivity contribution in [3.05, 3.63) is 17.5 Å². The third-order valence-electron chi connectivity index (χ3n) is 3.81. The van der Waals surface area contributed by atoms with Crippen molar-refractivity contribution in [1.29, 1.82) is 0 Å². The van der Waals surface area contributed by atoms with Crippen molar-refractivity contribution < 1.29 is 4.79 Å². The second kappa shape index (κ2) is 6.88. The molecule has 0 spiro atoms. The number of nitrogens with zero attached hydrogens (tertiary/aromatic N) is 2. The molecule has 2 N–H and O–H groups in total. The Bertz CT molecular complexity index is 435. The SMILES string of the molecule is CC(CN1CCCCC1)NC(=O)c1cc(C(C)C)[nH]n1. The first kappa shape index (κ1) is 15.0. The molecule has 1 fully saturated rings. The van der Waals surface area contributed by atoms with Crippen LogP contribution in [0.3, 0.4) is 0 Å².